The Balaban J connectivity index is 1.62. The van der Waals surface area contributed by atoms with Crippen molar-refractivity contribution >= 4 is 11.8 Å². The summed E-state index contributed by atoms with van der Waals surface area (Å²) in [4.78, 5) is 29.7. The molecule has 178 valence electrons. The van der Waals surface area contributed by atoms with Gasteiger partial charge in [-0.05, 0) is 48.1 Å². The van der Waals surface area contributed by atoms with E-state index in [0.29, 0.717) is 37.4 Å². The fourth-order valence-electron chi connectivity index (χ4n) is 4.98. The molecule has 0 bridgehead atoms. The number of nitrogens with two attached hydrogens (primary N) is 1. The highest BCUT2D eigenvalue weighted by atomic mass is 16.5. The number of amides is 2. The molecule has 0 radical (unpaired) electrons. The number of hydrogen-bond donors (Lipinski definition) is 1. The minimum Gasteiger partial charge on any atom is -0.493 e. The first-order chi connectivity index (χ1) is 16.5. The zero-order valence-corrected chi connectivity index (χ0v) is 19.6. The Morgan fingerprint density at radius 3 is 2.50 bits per heavy atom. The molecule has 8 heteroatoms. The predicted molar refractivity (Wildman–Crippen MR) is 126 cm³/mol. The van der Waals surface area contributed by atoms with E-state index in [0.717, 1.165) is 23.1 Å². The second-order valence-corrected chi connectivity index (χ2v) is 8.69. The number of hydrogen-bond acceptors (Lipinski definition) is 6. The van der Waals surface area contributed by atoms with Gasteiger partial charge in [-0.1, -0.05) is 30.3 Å². The van der Waals surface area contributed by atoms with Crippen LogP contribution in [-0.2, 0) is 16.0 Å². The van der Waals surface area contributed by atoms with Crippen molar-refractivity contribution < 1.29 is 19.1 Å². The first-order valence-electron chi connectivity index (χ1n) is 11.5. The van der Waals surface area contributed by atoms with Gasteiger partial charge in [0, 0.05) is 13.1 Å². The number of ether oxygens (including phenoxy) is 2. The molecule has 2 aliphatic rings. The lowest BCUT2D eigenvalue weighted by molar-refractivity contribution is -0.139. The summed E-state index contributed by atoms with van der Waals surface area (Å²) in [5, 5.41) is 9.31. The van der Waals surface area contributed by atoms with Crippen molar-refractivity contribution in [2.45, 2.75) is 43.8 Å². The van der Waals surface area contributed by atoms with E-state index in [-0.39, 0.29) is 24.3 Å². The Bertz CT molecular complexity index is 1100. The lowest BCUT2D eigenvalue weighted by atomic mass is 9.87. The molecular weight excluding hydrogens is 432 g/mol. The molecule has 0 spiro atoms. The van der Waals surface area contributed by atoms with E-state index in [1.54, 1.807) is 19.1 Å². The number of benzene rings is 2. The smallest absolute Gasteiger partial charge is 0.241 e. The third kappa shape index (κ3) is 4.44. The highest BCUT2D eigenvalue weighted by Crippen LogP contribution is 2.41. The first-order valence-corrected chi connectivity index (χ1v) is 11.5. The van der Waals surface area contributed by atoms with Crippen LogP contribution < -0.4 is 15.2 Å². The van der Waals surface area contributed by atoms with E-state index in [2.05, 4.69) is 6.07 Å². The molecule has 0 saturated carbocycles. The van der Waals surface area contributed by atoms with Crippen molar-refractivity contribution in [1.82, 2.24) is 9.80 Å². The van der Waals surface area contributed by atoms with E-state index < -0.39 is 12.1 Å². The number of nitrogens with zero attached hydrogens (tertiary/aromatic N) is 3. The Morgan fingerprint density at radius 2 is 1.82 bits per heavy atom. The third-order valence-corrected chi connectivity index (χ3v) is 6.71. The highest BCUT2D eigenvalue weighted by Gasteiger charge is 2.37. The molecule has 34 heavy (non-hydrogen) atoms. The van der Waals surface area contributed by atoms with E-state index >= 15 is 0 Å². The normalized spacial score (nSPS) is 20.3. The van der Waals surface area contributed by atoms with Gasteiger partial charge in [0.1, 0.15) is 6.04 Å². The molecule has 2 amide bonds. The number of methoxy groups -OCH3 is 2. The highest BCUT2D eigenvalue weighted by molar-refractivity contribution is 5.89. The van der Waals surface area contributed by atoms with Crippen LogP contribution >= 0.6 is 0 Å². The molecular formula is C26H30N4O4. The maximum absolute atomic E-state index is 13.5. The van der Waals surface area contributed by atoms with Gasteiger partial charge in [-0.2, -0.15) is 5.26 Å². The van der Waals surface area contributed by atoms with Crippen LogP contribution in [-0.4, -0.2) is 61.0 Å². The zero-order valence-electron chi connectivity index (χ0n) is 19.6. The third-order valence-electron chi connectivity index (χ3n) is 6.71. The zero-order chi connectivity index (χ0) is 24.2. The number of rotatable bonds is 6. The summed E-state index contributed by atoms with van der Waals surface area (Å²) in [6.45, 7) is 0.997. The van der Waals surface area contributed by atoms with Crippen LogP contribution in [0.2, 0.25) is 0 Å². The monoisotopic (exact) mass is 462 g/mol. The molecule has 3 atom stereocenters. The van der Waals surface area contributed by atoms with Crippen molar-refractivity contribution in [2.24, 2.45) is 5.73 Å². The molecule has 1 fully saturated rings. The maximum atomic E-state index is 13.5. The van der Waals surface area contributed by atoms with Crippen molar-refractivity contribution in [1.29, 1.82) is 5.26 Å². The minimum atomic E-state index is -0.982. The second-order valence-electron chi connectivity index (χ2n) is 8.69. The Labute approximate surface area is 199 Å². The van der Waals surface area contributed by atoms with Gasteiger partial charge in [-0.3, -0.25) is 9.59 Å². The van der Waals surface area contributed by atoms with Crippen molar-refractivity contribution in [3.63, 3.8) is 0 Å². The fourth-order valence-corrected chi connectivity index (χ4v) is 4.98. The predicted octanol–water partition coefficient (Wildman–Crippen LogP) is 2.41. The van der Waals surface area contributed by atoms with E-state index in [9.17, 15) is 14.9 Å². The fraction of sp³-hybridized carbons (Fsp3) is 0.423. The van der Waals surface area contributed by atoms with E-state index in [1.807, 2.05) is 42.5 Å². The van der Waals surface area contributed by atoms with E-state index in [4.69, 9.17) is 15.2 Å². The number of nitriles is 1. The lowest BCUT2D eigenvalue weighted by Gasteiger charge is -2.38. The van der Waals surface area contributed by atoms with Crippen molar-refractivity contribution in [3.05, 3.63) is 59.2 Å². The van der Waals surface area contributed by atoms with Crippen LogP contribution in [0.3, 0.4) is 0 Å². The number of carbonyl (C=O) groups excluding carboxylic acids is 2. The molecule has 3 unspecified atom stereocenters. The Kier molecular flexibility index (Phi) is 7.03. The standard InChI is InChI=1S/C26H30N4O4/c1-33-22-13-18-10-12-30(24(31)15-21(28)26(32)29-11-6-9-19(29)16-27)25(17-7-4-3-5-8-17)20(18)14-23(22)34-2/h3-5,7-8,13-14,19,21,25H,6,9-12,15,28H2,1-2H3. The van der Waals surface area contributed by atoms with Gasteiger partial charge < -0.3 is 25.0 Å². The van der Waals surface area contributed by atoms with Crippen molar-refractivity contribution in [3.8, 4) is 17.6 Å². The van der Waals surface area contributed by atoms with Gasteiger partial charge >= 0.3 is 0 Å². The summed E-state index contributed by atoms with van der Waals surface area (Å²) in [7, 11) is 3.19. The molecule has 0 aromatic heterocycles. The first kappa shape index (κ1) is 23.6. The second kappa shape index (κ2) is 10.1. The molecule has 2 heterocycles. The van der Waals surface area contributed by atoms with Gasteiger partial charge in [0.15, 0.2) is 11.5 Å². The van der Waals surface area contributed by atoms with Gasteiger partial charge in [0.05, 0.1) is 38.8 Å². The average molecular weight is 463 g/mol. The summed E-state index contributed by atoms with van der Waals surface area (Å²) in [6, 6.07) is 14.1. The van der Waals surface area contributed by atoms with Gasteiger partial charge in [0.25, 0.3) is 0 Å². The number of carbonyl (C=O) groups is 2. The van der Waals surface area contributed by atoms with Crippen LogP contribution in [0.25, 0.3) is 0 Å². The molecule has 2 N–H and O–H groups in total. The van der Waals surface area contributed by atoms with Crippen LogP contribution in [0.1, 0.15) is 42.0 Å². The molecule has 8 nitrogen and oxygen atoms in total. The average Bonchev–Trinajstić information content (AvgIpc) is 3.35. The summed E-state index contributed by atoms with van der Waals surface area (Å²) in [5.41, 5.74) is 9.22. The number of likely N-dealkylation sites (tertiary alicyclic amines) is 1. The van der Waals surface area contributed by atoms with Crippen molar-refractivity contribution in [2.75, 3.05) is 27.3 Å². The summed E-state index contributed by atoms with van der Waals surface area (Å²) >= 11 is 0. The largest absolute Gasteiger partial charge is 0.493 e. The van der Waals surface area contributed by atoms with Gasteiger partial charge in [-0.25, -0.2) is 0 Å². The van der Waals surface area contributed by atoms with E-state index in [1.165, 1.54) is 4.90 Å². The summed E-state index contributed by atoms with van der Waals surface area (Å²) in [5.74, 6) is 0.721. The molecule has 4 rings (SSSR count). The van der Waals surface area contributed by atoms with Crippen LogP contribution in [0.5, 0.6) is 11.5 Å². The lowest BCUT2D eigenvalue weighted by Crippen LogP contribution is -2.49. The van der Waals surface area contributed by atoms with Gasteiger partial charge in [-0.15, -0.1) is 0 Å². The minimum absolute atomic E-state index is 0.112. The molecule has 2 aliphatic heterocycles. The van der Waals surface area contributed by atoms with Crippen LogP contribution in [0, 0.1) is 11.3 Å². The molecule has 2 aromatic carbocycles. The molecule has 0 aliphatic carbocycles. The summed E-state index contributed by atoms with van der Waals surface area (Å²) in [6.07, 6.45) is 1.96. The molecule has 1 saturated heterocycles. The quantitative estimate of drug-likeness (QED) is 0.706. The van der Waals surface area contributed by atoms with Gasteiger partial charge in [0.2, 0.25) is 11.8 Å². The topological polar surface area (TPSA) is 109 Å². The van der Waals surface area contributed by atoms with Crippen LogP contribution in [0.15, 0.2) is 42.5 Å². The SMILES string of the molecule is COc1cc2c(cc1OC)C(c1ccccc1)N(C(=O)CC(N)C(=O)N1CCCC1C#N)CC2. The molecule has 2 aromatic rings. The Morgan fingerprint density at radius 1 is 1.12 bits per heavy atom. The maximum Gasteiger partial charge on any atom is 0.241 e. The Hall–Kier alpha value is -3.57. The number of fused-ring (bicyclic) bond motifs is 1. The van der Waals surface area contributed by atoms with Crippen LogP contribution in [0.4, 0.5) is 0 Å². The summed E-state index contributed by atoms with van der Waals surface area (Å²) < 4.78 is 11.0.